The molecular weight excluding hydrogens is 342 g/mol. The van der Waals surface area contributed by atoms with Gasteiger partial charge in [-0.3, -0.25) is 10.1 Å². The zero-order valence-corrected chi connectivity index (χ0v) is 12.4. The van der Waals surface area contributed by atoms with Gasteiger partial charge in [0.2, 0.25) is 0 Å². The molecule has 0 atom stereocenters. The van der Waals surface area contributed by atoms with E-state index < -0.39 is 4.92 Å². The molecule has 2 aromatic carbocycles. The summed E-state index contributed by atoms with van der Waals surface area (Å²) in [5.41, 5.74) is 7.84. The van der Waals surface area contributed by atoms with Crippen LogP contribution in [0.25, 0.3) is 20.8 Å². The van der Waals surface area contributed by atoms with Crippen LogP contribution in [0.3, 0.4) is 0 Å². The summed E-state index contributed by atoms with van der Waals surface area (Å²) in [7, 11) is 0. The molecule has 1 heterocycles. The Kier molecular flexibility index (Phi) is 3.15. The Hall–Kier alpha value is -1.99. The summed E-state index contributed by atoms with van der Waals surface area (Å²) in [6.07, 6.45) is 0. The topological polar surface area (TPSA) is 82.0 Å². The molecule has 0 radical (unpaired) electrons. The van der Waals surface area contributed by atoms with Crippen LogP contribution >= 0.6 is 27.3 Å². The SMILES string of the molecule is Nc1ccc([N+](=O)[O-])cc1-c1nc2ccc(Br)cc2s1. The highest BCUT2D eigenvalue weighted by atomic mass is 79.9. The molecule has 5 nitrogen and oxygen atoms in total. The van der Waals surface area contributed by atoms with E-state index in [1.54, 1.807) is 0 Å². The second kappa shape index (κ2) is 4.84. The maximum atomic E-state index is 10.9. The standard InChI is InChI=1S/C13H8BrN3O2S/c14-7-1-4-11-12(5-7)20-13(16-11)9-6-8(17(18)19)2-3-10(9)15/h1-6H,15H2. The lowest BCUT2D eigenvalue weighted by Crippen LogP contribution is -1.93. The molecule has 0 bridgehead atoms. The Morgan fingerprint density at radius 1 is 1.25 bits per heavy atom. The van der Waals surface area contributed by atoms with Crippen molar-refractivity contribution < 1.29 is 4.92 Å². The van der Waals surface area contributed by atoms with E-state index in [9.17, 15) is 10.1 Å². The summed E-state index contributed by atoms with van der Waals surface area (Å²) in [6.45, 7) is 0. The number of benzene rings is 2. The number of halogens is 1. The van der Waals surface area contributed by atoms with Crippen LogP contribution in [0, 0.1) is 10.1 Å². The molecule has 0 spiro atoms. The van der Waals surface area contributed by atoms with E-state index in [2.05, 4.69) is 20.9 Å². The number of fused-ring (bicyclic) bond motifs is 1. The Morgan fingerprint density at radius 2 is 2.05 bits per heavy atom. The maximum Gasteiger partial charge on any atom is 0.270 e. The maximum absolute atomic E-state index is 10.9. The largest absolute Gasteiger partial charge is 0.398 e. The number of nitrogen functional groups attached to an aromatic ring is 1. The number of anilines is 1. The monoisotopic (exact) mass is 349 g/mol. The molecule has 100 valence electrons. The van der Waals surface area contributed by atoms with E-state index in [4.69, 9.17) is 5.73 Å². The number of thiazole rings is 1. The highest BCUT2D eigenvalue weighted by Crippen LogP contribution is 2.36. The number of nitro groups is 1. The van der Waals surface area contributed by atoms with Crippen molar-refractivity contribution in [2.45, 2.75) is 0 Å². The number of rotatable bonds is 2. The first kappa shape index (κ1) is 13.0. The van der Waals surface area contributed by atoms with Crippen LogP contribution in [0.4, 0.5) is 11.4 Å². The third kappa shape index (κ3) is 2.25. The number of hydrogen-bond donors (Lipinski definition) is 1. The van der Waals surface area contributed by atoms with Crippen LogP contribution in [-0.4, -0.2) is 9.91 Å². The third-order valence-electron chi connectivity index (χ3n) is 2.83. The van der Waals surface area contributed by atoms with Crippen molar-refractivity contribution in [2.75, 3.05) is 5.73 Å². The van der Waals surface area contributed by atoms with Crippen LogP contribution < -0.4 is 5.73 Å². The molecule has 3 aromatic rings. The number of nitro benzene ring substituents is 1. The summed E-state index contributed by atoms with van der Waals surface area (Å²) in [6, 6.07) is 10.2. The molecular formula is C13H8BrN3O2S. The average molecular weight is 350 g/mol. The van der Waals surface area contributed by atoms with E-state index in [0.717, 1.165) is 14.7 Å². The molecule has 1 aromatic heterocycles. The summed E-state index contributed by atoms with van der Waals surface area (Å²) in [4.78, 5) is 14.9. The van der Waals surface area contributed by atoms with Crippen molar-refractivity contribution >= 4 is 48.9 Å². The van der Waals surface area contributed by atoms with Crippen molar-refractivity contribution in [1.82, 2.24) is 4.98 Å². The normalized spacial score (nSPS) is 10.8. The van der Waals surface area contributed by atoms with Crippen LogP contribution in [0.15, 0.2) is 40.9 Å². The van der Waals surface area contributed by atoms with Gasteiger partial charge in [0.15, 0.2) is 0 Å². The fourth-order valence-corrected chi connectivity index (χ4v) is 3.41. The van der Waals surface area contributed by atoms with Gasteiger partial charge in [-0.15, -0.1) is 11.3 Å². The van der Waals surface area contributed by atoms with Gasteiger partial charge in [0.1, 0.15) is 5.01 Å². The minimum Gasteiger partial charge on any atom is -0.398 e. The zero-order chi connectivity index (χ0) is 14.3. The molecule has 0 aliphatic heterocycles. The minimum absolute atomic E-state index is 0.00892. The molecule has 0 amide bonds. The van der Waals surface area contributed by atoms with E-state index in [1.807, 2.05) is 18.2 Å². The van der Waals surface area contributed by atoms with Gasteiger partial charge in [0.05, 0.1) is 15.1 Å². The van der Waals surface area contributed by atoms with Gasteiger partial charge in [-0.25, -0.2) is 4.98 Å². The summed E-state index contributed by atoms with van der Waals surface area (Å²) in [5.74, 6) is 0. The van der Waals surface area contributed by atoms with Gasteiger partial charge in [-0.2, -0.15) is 0 Å². The number of hydrogen-bond acceptors (Lipinski definition) is 5. The molecule has 2 N–H and O–H groups in total. The molecule has 20 heavy (non-hydrogen) atoms. The minimum atomic E-state index is -0.438. The predicted molar refractivity (Wildman–Crippen MR) is 83.8 cm³/mol. The molecule has 0 unspecified atom stereocenters. The summed E-state index contributed by atoms with van der Waals surface area (Å²) in [5, 5.41) is 11.5. The number of non-ortho nitro benzene ring substituents is 1. The van der Waals surface area contributed by atoms with Gasteiger partial charge in [-0.1, -0.05) is 15.9 Å². The average Bonchev–Trinajstić information content (AvgIpc) is 2.81. The van der Waals surface area contributed by atoms with Gasteiger partial charge in [0, 0.05) is 27.9 Å². The van der Waals surface area contributed by atoms with E-state index >= 15 is 0 Å². The van der Waals surface area contributed by atoms with E-state index in [0.29, 0.717) is 16.3 Å². The number of nitrogens with zero attached hydrogens (tertiary/aromatic N) is 2. The van der Waals surface area contributed by atoms with Crippen molar-refractivity contribution in [3.8, 4) is 10.6 Å². The second-order valence-electron chi connectivity index (χ2n) is 4.16. The van der Waals surface area contributed by atoms with Gasteiger partial charge < -0.3 is 5.73 Å². The molecule has 0 fully saturated rings. The molecule has 0 saturated carbocycles. The Balaban J connectivity index is 2.19. The Labute approximate surface area is 126 Å². The highest BCUT2D eigenvalue weighted by Gasteiger charge is 2.14. The van der Waals surface area contributed by atoms with E-state index in [1.165, 1.54) is 29.5 Å². The van der Waals surface area contributed by atoms with Gasteiger partial charge >= 0.3 is 0 Å². The first-order valence-corrected chi connectivity index (χ1v) is 7.26. The fourth-order valence-electron chi connectivity index (χ4n) is 1.86. The molecule has 0 aliphatic carbocycles. The van der Waals surface area contributed by atoms with Crippen LogP contribution in [-0.2, 0) is 0 Å². The summed E-state index contributed by atoms with van der Waals surface area (Å²) < 4.78 is 1.97. The van der Waals surface area contributed by atoms with Crippen LogP contribution in [0.2, 0.25) is 0 Å². The zero-order valence-electron chi connectivity index (χ0n) is 10.0. The molecule has 7 heteroatoms. The Morgan fingerprint density at radius 3 is 2.80 bits per heavy atom. The molecule has 0 aliphatic rings. The van der Waals surface area contributed by atoms with Crippen molar-refractivity contribution in [3.63, 3.8) is 0 Å². The lowest BCUT2D eigenvalue weighted by atomic mass is 10.1. The predicted octanol–water partition coefficient (Wildman–Crippen LogP) is 4.22. The first-order valence-electron chi connectivity index (χ1n) is 5.65. The first-order chi connectivity index (χ1) is 9.54. The quantitative estimate of drug-likeness (QED) is 0.426. The lowest BCUT2D eigenvalue weighted by molar-refractivity contribution is -0.384. The smallest absolute Gasteiger partial charge is 0.270 e. The van der Waals surface area contributed by atoms with Crippen molar-refractivity contribution in [2.24, 2.45) is 0 Å². The summed E-state index contributed by atoms with van der Waals surface area (Å²) >= 11 is 4.86. The van der Waals surface area contributed by atoms with Crippen LogP contribution in [0.5, 0.6) is 0 Å². The number of aromatic nitrogens is 1. The van der Waals surface area contributed by atoms with Crippen molar-refractivity contribution in [1.29, 1.82) is 0 Å². The lowest BCUT2D eigenvalue weighted by Gasteiger charge is -2.01. The highest BCUT2D eigenvalue weighted by molar-refractivity contribution is 9.10. The molecule has 0 saturated heterocycles. The number of nitrogens with two attached hydrogens (primary N) is 1. The molecule has 3 rings (SSSR count). The third-order valence-corrected chi connectivity index (χ3v) is 4.37. The van der Waals surface area contributed by atoms with Gasteiger partial charge in [-0.05, 0) is 24.3 Å². The second-order valence-corrected chi connectivity index (χ2v) is 6.11. The Bertz CT molecular complexity index is 832. The fraction of sp³-hybridized carbons (Fsp3) is 0. The van der Waals surface area contributed by atoms with Crippen LogP contribution in [0.1, 0.15) is 0 Å². The van der Waals surface area contributed by atoms with E-state index in [-0.39, 0.29) is 5.69 Å². The van der Waals surface area contributed by atoms with Gasteiger partial charge in [0.25, 0.3) is 5.69 Å². The van der Waals surface area contributed by atoms with Crippen molar-refractivity contribution in [3.05, 3.63) is 51.0 Å².